The van der Waals surface area contributed by atoms with E-state index in [4.69, 9.17) is 14.2 Å². The lowest BCUT2D eigenvalue weighted by molar-refractivity contribution is -0.122. The Morgan fingerprint density at radius 1 is 1.19 bits per heavy atom. The minimum Gasteiger partial charge on any atom is -0.493 e. The van der Waals surface area contributed by atoms with Crippen LogP contribution in [-0.4, -0.2) is 33.2 Å². The van der Waals surface area contributed by atoms with Crippen LogP contribution in [0.4, 0.5) is 0 Å². The first-order chi connectivity index (χ1) is 10.1. The van der Waals surface area contributed by atoms with Crippen molar-refractivity contribution < 1.29 is 19.0 Å². The van der Waals surface area contributed by atoms with Crippen LogP contribution in [0.3, 0.4) is 0 Å². The molecule has 0 bridgehead atoms. The number of hydrogen-bond donors (Lipinski definition) is 0. The third kappa shape index (κ3) is 4.21. The van der Waals surface area contributed by atoms with Gasteiger partial charge in [0.15, 0.2) is 11.5 Å². The van der Waals surface area contributed by atoms with E-state index in [1.54, 1.807) is 14.2 Å². The lowest BCUT2D eigenvalue weighted by Gasteiger charge is -2.13. The number of ketones is 1. The normalized spacial score (nSPS) is 15.6. The van der Waals surface area contributed by atoms with Crippen LogP contribution in [0.25, 0.3) is 0 Å². The molecule has 0 atom stereocenters. The molecule has 1 saturated carbocycles. The van der Waals surface area contributed by atoms with Crippen molar-refractivity contribution in [3.63, 3.8) is 0 Å². The number of hydrogen-bond acceptors (Lipinski definition) is 4. The van der Waals surface area contributed by atoms with Gasteiger partial charge >= 0.3 is 0 Å². The van der Waals surface area contributed by atoms with E-state index in [-0.39, 0.29) is 5.41 Å². The van der Waals surface area contributed by atoms with Crippen LogP contribution < -0.4 is 9.47 Å². The molecule has 0 aromatic heterocycles. The fourth-order valence-electron chi connectivity index (χ4n) is 2.19. The van der Waals surface area contributed by atoms with Crippen LogP contribution in [0.15, 0.2) is 18.2 Å². The van der Waals surface area contributed by atoms with Crippen molar-refractivity contribution >= 4 is 5.78 Å². The first kappa shape index (κ1) is 15.8. The van der Waals surface area contributed by atoms with Gasteiger partial charge in [0.1, 0.15) is 5.78 Å². The fourth-order valence-corrected chi connectivity index (χ4v) is 2.19. The van der Waals surface area contributed by atoms with E-state index >= 15 is 0 Å². The highest BCUT2D eigenvalue weighted by Gasteiger charge is 2.43. The maximum absolute atomic E-state index is 12.2. The molecule has 116 valence electrons. The van der Waals surface area contributed by atoms with Crippen molar-refractivity contribution in [1.29, 1.82) is 0 Å². The maximum atomic E-state index is 12.2. The molecule has 0 aliphatic heterocycles. The Bertz CT molecular complexity index is 492. The van der Waals surface area contributed by atoms with Crippen LogP contribution in [0.2, 0.25) is 0 Å². The van der Waals surface area contributed by atoms with Gasteiger partial charge in [-0.1, -0.05) is 13.0 Å². The molecule has 0 amide bonds. The summed E-state index contributed by atoms with van der Waals surface area (Å²) >= 11 is 0. The highest BCUT2D eigenvalue weighted by atomic mass is 16.5. The van der Waals surface area contributed by atoms with Gasteiger partial charge in [0.2, 0.25) is 0 Å². The first-order valence-corrected chi connectivity index (χ1v) is 7.41. The van der Waals surface area contributed by atoms with Crippen molar-refractivity contribution in [2.45, 2.75) is 32.6 Å². The first-order valence-electron chi connectivity index (χ1n) is 7.41. The summed E-state index contributed by atoms with van der Waals surface area (Å²) in [6.45, 7) is 3.28. The van der Waals surface area contributed by atoms with Gasteiger partial charge in [0, 0.05) is 32.0 Å². The van der Waals surface area contributed by atoms with E-state index in [1.165, 1.54) is 0 Å². The summed E-state index contributed by atoms with van der Waals surface area (Å²) in [5.41, 5.74) is 0.898. The molecule has 4 nitrogen and oxygen atoms in total. The quantitative estimate of drug-likeness (QED) is 0.656. The van der Waals surface area contributed by atoms with E-state index in [2.05, 4.69) is 0 Å². The van der Waals surface area contributed by atoms with Crippen LogP contribution in [-0.2, 0) is 16.0 Å². The van der Waals surface area contributed by atoms with Crippen molar-refractivity contribution in [3.05, 3.63) is 23.8 Å². The summed E-state index contributed by atoms with van der Waals surface area (Å²) in [6, 6.07) is 5.71. The lowest BCUT2D eigenvalue weighted by Crippen LogP contribution is -2.14. The molecule has 1 fully saturated rings. The minimum absolute atomic E-state index is 0.0839. The average Bonchev–Trinajstić information content (AvgIpc) is 3.23. The van der Waals surface area contributed by atoms with E-state index in [0.717, 1.165) is 24.8 Å². The summed E-state index contributed by atoms with van der Waals surface area (Å²) in [5, 5.41) is 0. The molecule has 0 radical (unpaired) electrons. The fraction of sp³-hybridized carbons (Fsp3) is 0.588. The molecule has 21 heavy (non-hydrogen) atoms. The number of carbonyl (C=O) groups is 1. The number of ether oxygens (including phenoxy) is 3. The zero-order valence-electron chi connectivity index (χ0n) is 13.1. The molecule has 0 heterocycles. The lowest BCUT2D eigenvalue weighted by atomic mass is 9.97. The summed E-state index contributed by atoms with van der Waals surface area (Å²) in [6.07, 6.45) is 3.32. The topological polar surface area (TPSA) is 44.8 Å². The van der Waals surface area contributed by atoms with Gasteiger partial charge < -0.3 is 14.2 Å². The predicted octanol–water partition coefficient (Wildman–Crippen LogP) is 3.02. The Balaban J connectivity index is 2.00. The SMILES string of the molecule is COCCCOc1cc(CC(=O)C2(C)CC2)ccc1OC. The number of benzene rings is 1. The molecule has 2 rings (SSSR count). The maximum Gasteiger partial charge on any atom is 0.161 e. The second-order valence-corrected chi connectivity index (χ2v) is 5.84. The molecule has 1 aliphatic rings. The standard InChI is InChI=1S/C17H24O4/c1-17(7-8-17)16(18)12-13-5-6-14(20-3)15(11-13)21-10-4-9-19-2/h5-6,11H,4,7-10,12H2,1-3H3. The Kier molecular flexibility index (Phi) is 5.23. The largest absolute Gasteiger partial charge is 0.493 e. The third-order valence-corrected chi connectivity index (χ3v) is 4.02. The summed E-state index contributed by atoms with van der Waals surface area (Å²) in [5.74, 6) is 1.71. The summed E-state index contributed by atoms with van der Waals surface area (Å²) in [7, 11) is 3.29. The zero-order chi connectivity index (χ0) is 15.3. The molecule has 0 saturated heterocycles. The van der Waals surface area contributed by atoms with Gasteiger partial charge in [-0.05, 0) is 30.5 Å². The second kappa shape index (κ2) is 6.94. The van der Waals surface area contributed by atoms with Crippen LogP contribution in [0.5, 0.6) is 11.5 Å². The third-order valence-electron chi connectivity index (χ3n) is 4.02. The average molecular weight is 292 g/mol. The molecular formula is C17H24O4. The number of carbonyl (C=O) groups excluding carboxylic acids is 1. The second-order valence-electron chi connectivity index (χ2n) is 5.84. The van der Waals surface area contributed by atoms with Crippen LogP contribution >= 0.6 is 0 Å². The molecule has 0 spiro atoms. The highest BCUT2D eigenvalue weighted by molar-refractivity contribution is 5.88. The van der Waals surface area contributed by atoms with E-state index < -0.39 is 0 Å². The van der Waals surface area contributed by atoms with Crippen molar-refractivity contribution in [2.24, 2.45) is 5.41 Å². The minimum atomic E-state index is -0.0839. The molecule has 1 aliphatic carbocycles. The van der Waals surface area contributed by atoms with Crippen molar-refractivity contribution in [3.8, 4) is 11.5 Å². The van der Waals surface area contributed by atoms with Crippen LogP contribution in [0.1, 0.15) is 31.7 Å². The van der Waals surface area contributed by atoms with Crippen molar-refractivity contribution in [1.82, 2.24) is 0 Å². The molecule has 1 aromatic rings. The Hall–Kier alpha value is -1.55. The van der Waals surface area contributed by atoms with Gasteiger partial charge in [-0.25, -0.2) is 0 Å². The van der Waals surface area contributed by atoms with Gasteiger partial charge in [-0.2, -0.15) is 0 Å². The number of rotatable bonds is 9. The van der Waals surface area contributed by atoms with Crippen molar-refractivity contribution in [2.75, 3.05) is 27.4 Å². The summed E-state index contributed by atoms with van der Waals surface area (Å²) < 4.78 is 16.0. The molecule has 0 N–H and O–H groups in total. The van der Waals surface area contributed by atoms with Crippen LogP contribution in [0, 0.1) is 5.41 Å². The molecule has 1 aromatic carbocycles. The predicted molar refractivity (Wildman–Crippen MR) is 81.0 cm³/mol. The monoisotopic (exact) mass is 292 g/mol. The number of Topliss-reactive ketones (excluding diaryl/α,β-unsaturated/α-hetero) is 1. The van der Waals surface area contributed by atoms with Gasteiger partial charge in [0.25, 0.3) is 0 Å². The Labute approximate surface area is 126 Å². The Morgan fingerprint density at radius 2 is 1.95 bits per heavy atom. The van der Waals surface area contributed by atoms with Gasteiger partial charge in [-0.15, -0.1) is 0 Å². The Morgan fingerprint density at radius 3 is 2.57 bits per heavy atom. The zero-order valence-corrected chi connectivity index (χ0v) is 13.1. The smallest absolute Gasteiger partial charge is 0.161 e. The van der Waals surface area contributed by atoms with E-state index in [0.29, 0.717) is 36.9 Å². The van der Waals surface area contributed by atoms with Gasteiger partial charge in [-0.3, -0.25) is 4.79 Å². The molecule has 0 unspecified atom stereocenters. The van der Waals surface area contributed by atoms with E-state index in [9.17, 15) is 4.79 Å². The molecular weight excluding hydrogens is 268 g/mol. The highest BCUT2D eigenvalue weighted by Crippen LogP contribution is 2.46. The number of methoxy groups -OCH3 is 2. The van der Waals surface area contributed by atoms with E-state index in [1.807, 2.05) is 25.1 Å². The molecule has 4 heteroatoms. The summed E-state index contributed by atoms with van der Waals surface area (Å²) in [4.78, 5) is 12.2. The van der Waals surface area contributed by atoms with Gasteiger partial charge in [0.05, 0.1) is 13.7 Å².